The van der Waals surface area contributed by atoms with Crippen molar-refractivity contribution in [3.63, 3.8) is 0 Å². The first-order valence-electron chi connectivity index (χ1n) is 7.69. The van der Waals surface area contributed by atoms with E-state index in [-0.39, 0.29) is 18.4 Å². The van der Waals surface area contributed by atoms with Gasteiger partial charge in [-0.25, -0.2) is 0 Å². The number of ether oxygens (including phenoxy) is 1. The molecule has 0 spiro atoms. The molecule has 0 saturated carbocycles. The molecular formula is C18H19ClN2O3S. The highest BCUT2D eigenvalue weighted by Crippen LogP contribution is 2.23. The topological polar surface area (TPSA) is 67.4 Å². The van der Waals surface area contributed by atoms with Gasteiger partial charge in [-0.2, -0.15) is 0 Å². The molecule has 2 rings (SSSR count). The van der Waals surface area contributed by atoms with Crippen molar-refractivity contribution in [2.45, 2.75) is 11.8 Å². The molecule has 5 nitrogen and oxygen atoms in total. The van der Waals surface area contributed by atoms with Crippen molar-refractivity contribution in [3.8, 4) is 5.75 Å². The van der Waals surface area contributed by atoms with Gasteiger partial charge in [0.05, 0.1) is 5.69 Å². The maximum Gasteiger partial charge on any atom is 0.257 e. The predicted octanol–water partition coefficient (Wildman–Crippen LogP) is 3.59. The van der Waals surface area contributed by atoms with Crippen LogP contribution in [0.1, 0.15) is 6.92 Å². The zero-order valence-electron chi connectivity index (χ0n) is 13.8. The van der Waals surface area contributed by atoms with Crippen LogP contribution in [0.5, 0.6) is 5.75 Å². The van der Waals surface area contributed by atoms with Crippen LogP contribution in [-0.2, 0) is 9.59 Å². The molecule has 0 aliphatic rings. The molecule has 2 N–H and O–H groups in total. The van der Waals surface area contributed by atoms with E-state index in [1.807, 2.05) is 24.3 Å². The minimum Gasteiger partial charge on any atom is -0.482 e. The van der Waals surface area contributed by atoms with E-state index in [4.69, 9.17) is 16.3 Å². The van der Waals surface area contributed by atoms with E-state index in [1.54, 1.807) is 36.0 Å². The zero-order valence-corrected chi connectivity index (χ0v) is 15.3. The molecule has 0 atom stereocenters. The standard InChI is InChI=1S/C18H19ClN2O3S/c1-13(22)21-16-4-2-3-5-17(16)24-12-18(23)20-10-11-25-15-8-6-14(19)7-9-15/h2-9H,10-12H2,1H3,(H,20,23)(H,21,22). The van der Waals surface area contributed by atoms with Gasteiger partial charge in [0.2, 0.25) is 5.91 Å². The Bertz CT molecular complexity index is 723. The number of hydrogen-bond acceptors (Lipinski definition) is 4. The molecule has 0 radical (unpaired) electrons. The van der Waals surface area contributed by atoms with Gasteiger partial charge in [0.15, 0.2) is 6.61 Å². The number of hydrogen-bond donors (Lipinski definition) is 2. The van der Waals surface area contributed by atoms with Gasteiger partial charge in [0.25, 0.3) is 5.91 Å². The van der Waals surface area contributed by atoms with Gasteiger partial charge >= 0.3 is 0 Å². The van der Waals surface area contributed by atoms with E-state index in [9.17, 15) is 9.59 Å². The zero-order chi connectivity index (χ0) is 18.1. The van der Waals surface area contributed by atoms with E-state index in [1.165, 1.54) is 6.92 Å². The van der Waals surface area contributed by atoms with Crippen molar-refractivity contribution in [2.24, 2.45) is 0 Å². The average molecular weight is 379 g/mol. The largest absolute Gasteiger partial charge is 0.482 e. The monoisotopic (exact) mass is 378 g/mol. The summed E-state index contributed by atoms with van der Waals surface area (Å²) < 4.78 is 5.48. The summed E-state index contributed by atoms with van der Waals surface area (Å²) in [5.41, 5.74) is 0.543. The number of para-hydroxylation sites is 2. The first-order chi connectivity index (χ1) is 12.0. The molecule has 2 aromatic rings. The third-order valence-electron chi connectivity index (χ3n) is 3.06. The Morgan fingerprint density at radius 2 is 1.84 bits per heavy atom. The van der Waals surface area contributed by atoms with Gasteiger partial charge < -0.3 is 15.4 Å². The van der Waals surface area contributed by atoms with Crippen molar-refractivity contribution in [2.75, 3.05) is 24.2 Å². The van der Waals surface area contributed by atoms with Gasteiger partial charge in [-0.1, -0.05) is 23.7 Å². The Morgan fingerprint density at radius 1 is 1.12 bits per heavy atom. The van der Waals surface area contributed by atoms with Gasteiger partial charge in [-0.3, -0.25) is 9.59 Å². The minimum atomic E-state index is -0.214. The van der Waals surface area contributed by atoms with Crippen molar-refractivity contribution in [1.82, 2.24) is 5.32 Å². The van der Waals surface area contributed by atoms with Crippen molar-refractivity contribution in [1.29, 1.82) is 0 Å². The fraction of sp³-hybridized carbons (Fsp3) is 0.222. The highest BCUT2D eigenvalue weighted by atomic mass is 35.5. The Morgan fingerprint density at radius 3 is 2.56 bits per heavy atom. The number of halogens is 1. The van der Waals surface area contributed by atoms with Gasteiger partial charge in [-0.15, -0.1) is 11.8 Å². The molecule has 2 amide bonds. The van der Waals surface area contributed by atoms with Gasteiger partial charge in [0, 0.05) is 29.1 Å². The number of carbonyl (C=O) groups excluding carboxylic acids is 2. The Hall–Kier alpha value is -2.18. The van der Waals surface area contributed by atoms with E-state index in [0.717, 1.165) is 10.6 Å². The lowest BCUT2D eigenvalue weighted by atomic mass is 10.3. The molecule has 0 fully saturated rings. The van der Waals surface area contributed by atoms with Crippen LogP contribution >= 0.6 is 23.4 Å². The summed E-state index contributed by atoms with van der Waals surface area (Å²) in [6.07, 6.45) is 0. The average Bonchev–Trinajstić information content (AvgIpc) is 2.59. The summed E-state index contributed by atoms with van der Waals surface area (Å²) in [4.78, 5) is 24.1. The second-order valence-corrected chi connectivity index (χ2v) is 6.72. The molecule has 0 saturated heterocycles. The van der Waals surface area contributed by atoms with Crippen LogP contribution in [0.4, 0.5) is 5.69 Å². The molecule has 0 aliphatic heterocycles. The lowest BCUT2D eigenvalue weighted by Gasteiger charge is -2.11. The summed E-state index contributed by atoms with van der Waals surface area (Å²) >= 11 is 7.47. The molecule has 25 heavy (non-hydrogen) atoms. The lowest BCUT2D eigenvalue weighted by molar-refractivity contribution is -0.122. The molecule has 2 aromatic carbocycles. The highest BCUT2D eigenvalue weighted by molar-refractivity contribution is 7.99. The third kappa shape index (κ3) is 7.07. The summed E-state index contributed by atoms with van der Waals surface area (Å²) in [6, 6.07) is 14.5. The molecule has 132 valence electrons. The van der Waals surface area contributed by atoms with Crippen LogP contribution in [0.25, 0.3) is 0 Å². The van der Waals surface area contributed by atoms with Crippen LogP contribution < -0.4 is 15.4 Å². The van der Waals surface area contributed by atoms with Gasteiger partial charge in [0.1, 0.15) is 5.75 Å². The van der Waals surface area contributed by atoms with E-state index in [2.05, 4.69) is 10.6 Å². The molecule has 0 unspecified atom stereocenters. The molecule has 0 aromatic heterocycles. The second-order valence-electron chi connectivity index (χ2n) is 5.12. The first-order valence-corrected chi connectivity index (χ1v) is 9.05. The van der Waals surface area contributed by atoms with E-state index < -0.39 is 0 Å². The number of carbonyl (C=O) groups is 2. The first kappa shape index (κ1) is 19.1. The smallest absolute Gasteiger partial charge is 0.257 e. The quantitative estimate of drug-likeness (QED) is 0.544. The predicted molar refractivity (Wildman–Crippen MR) is 101 cm³/mol. The summed E-state index contributed by atoms with van der Waals surface area (Å²) in [7, 11) is 0. The second kappa shape index (κ2) is 9.96. The van der Waals surface area contributed by atoms with Crippen LogP contribution in [-0.4, -0.2) is 30.7 Å². The maximum atomic E-state index is 11.9. The fourth-order valence-electron chi connectivity index (χ4n) is 1.97. The fourth-order valence-corrected chi connectivity index (χ4v) is 2.86. The third-order valence-corrected chi connectivity index (χ3v) is 4.33. The van der Waals surface area contributed by atoms with Crippen molar-refractivity contribution in [3.05, 3.63) is 53.6 Å². The SMILES string of the molecule is CC(=O)Nc1ccccc1OCC(=O)NCCSc1ccc(Cl)cc1. The lowest BCUT2D eigenvalue weighted by Crippen LogP contribution is -2.30. The summed E-state index contributed by atoms with van der Waals surface area (Å²) in [5.74, 6) is 0.799. The number of amides is 2. The number of nitrogens with one attached hydrogen (secondary N) is 2. The highest BCUT2D eigenvalue weighted by Gasteiger charge is 2.07. The number of anilines is 1. The Balaban J connectivity index is 1.70. The summed E-state index contributed by atoms with van der Waals surface area (Å²) in [5, 5.41) is 6.16. The van der Waals surface area contributed by atoms with Gasteiger partial charge in [-0.05, 0) is 36.4 Å². The van der Waals surface area contributed by atoms with Crippen LogP contribution in [0.3, 0.4) is 0 Å². The van der Waals surface area contributed by atoms with Crippen molar-refractivity contribution < 1.29 is 14.3 Å². The van der Waals surface area contributed by atoms with Crippen LogP contribution in [0.2, 0.25) is 5.02 Å². The Kier molecular flexibility index (Phi) is 7.63. The van der Waals surface area contributed by atoms with Crippen molar-refractivity contribution >= 4 is 40.9 Å². The molecule has 0 bridgehead atoms. The number of benzene rings is 2. The molecule has 7 heteroatoms. The minimum absolute atomic E-state index is 0.109. The van der Waals surface area contributed by atoms with E-state index >= 15 is 0 Å². The van der Waals surface area contributed by atoms with Crippen LogP contribution in [0.15, 0.2) is 53.4 Å². The van der Waals surface area contributed by atoms with Crippen LogP contribution in [0, 0.1) is 0 Å². The molecule has 0 aliphatic carbocycles. The Labute approximate surface area is 156 Å². The summed E-state index contributed by atoms with van der Waals surface area (Å²) in [6.45, 7) is 1.84. The van der Waals surface area contributed by atoms with E-state index in [0.29, 0.717) is 23.0 Å². The number of thioether (sulfide) groups is 1. The normalized spacial score (nSPS) is 10.2. The number of rotatable bonds is 8. The molecular weight excluding hydrogens is 360 g/mol. The molecule has 0 heterocycles. The maximum absolute atomic E-state index is 11.9.